The highest BCUT2D eigenvalue weighted by atomic mass is 127. The third kappa shape index (κ3) is 2.13. The first-order valence-electron chi connectivity index (χ1n) is 2.85. The molecule has 3 nitrogen and oxygen atoms in total. The molecule has 11 heavy (non-hydrogen) atoms. The van der Waals surface area contributed by atoms with Crippen LogP contribution in [0.15, 0.2) is 29.4 Å². The van der Waals surface area contributed by atoms with Crippen molar-refractivity contribution in [2.45, 2.75) is 4.90 Å². The van der Waals surface area contributed by atoms with Gasteiger partial charge in [-0.1, -0.05) is 22.6 Å². The fraction of sp³-hybridized carbons (Fsp3) is 0.167. The number of pyridine rings is 1. The van der Waals surface area contributed by atoms with Gasteiger partial charge < -0.3 is 0 Å². The maximum Gasteiger partial charge on any atom is 0.187 e. The largest absolute Gasteiger partial charge is 0.265 e. The van der Waals surface area contributed by atoms with Crippen LogP contribution in [0.2, 0.25) is 0 Å². The summed E-state index contributed by atoms with van der Waals surface area (Å²) in [5.74, 6) is 0. The Balaban J connectivity index is 3.14. The van der Waals surface area contributed by atoms with Crippen LogP contribution in [0.25, 0.3) is 0 Å². The highest BCUT2D eigenvalue weighted by Crippen LogP contribution is 2.10. The second-order valence-corrected chi connectivity index (χ2v) is 5.69. The lowest BCUT2D eigenvalue weighted by Crippen LogP contribution is -2.00. The molecule has 0 bridgehead atoms. The summed E-state index contributed by atoms with van der Waals surface area (Å²) < 4.78 is 22.4. The van der Waals surface area contributed by atoms with Gasteiger partial charge >= 0.3 is 0 Å². The molecular weight excluding hydrogens is 277 g/mol. The molecule has 0 aromatic carbocycles. The summed E-state index contributed by atoms with van der Waals surface area (Å²) in [4.78, 5) is 4.06. The van der Waals surface area contributed by atoms with Crippen molar-refractivity contribution in [3.8, 4) is 0 Å². The van der Waals surface area contributed by atoms with Gasteiger partial charge in [0, 0.05) is 12.4 Å². The Morgan fingerprint density at radius 3 is 2.36 bits per heavy atom. The molecule has 1 rings (SSSR count). The van der Waals surface area contributed by atoms with Gasteiger partial charge in [0.2, 0.25) is 0 Å². The molecular formula is C6H6INO2S. The first-order chi connectivity index (χ1) is 5.17. The Morgan fingerprint density at radius 2 is 1.91 bits per heavy atom. The van der Waals surface area contributed by atoms with Crippen LogP contribution in [0.4, 0.5) is 0 Å². The molecule has 0 unspecified atom stereocenters. The average Bonchev–Trinajstić information content (AvgIpc) is 2.06. The minimum atomic E-state index is -3.05. The summed E-state index contributed by atoms with van der Waals surface area (Å²) in [5.41, 5.74) is 0. The molecule has 1 aromatic heterocycles. The average molecular weight is 283 g/mol. The van der Waals surface area contributed by atoms with Gasteiger partial charge in [0.1, 0.15) is 3.76 Å². The van der Waals surface area contributed by atoms with Gasteiger partial charge in [0.05, 0.1) is 4.90 Å². The zero-order valence-electron chi connectivity index (χ0n) is 5.57. The quantitative estimate of drug-likeness (QED) is 0.606. The van der Waals surface area contributed by atoms with Crippen molar-refractivity contribution in [1.29, 1.82) is 0 Å². The van der Waals surface area contributed by atoms with E-state index in [0.29, 0.717) is 4.90 Å². The Labute approximate surface area is 78.9 Å². The number of halogens is 1. The summed E-state index contributed by atoms with van der Waals surface area (Å²) in [5, 5.41) is 0. The van der Waals surface area contributed by atoms with E-state index in [1.165, 1.54) is 24.5 Å². The third-order valence-electron chi connectivity index (χ3n) is 1.15. The predicted molar refractivity (Wildman–Crippen MR) is 50.3 cm³/mol. The van der Waals surface area contributed by atoms with Crippen molar-refractivity contribution in [3.05, 3.63) is 24.5 Å². The number of aromatic nitrogens is 1. The number of alkyl halides is 1. The van der Waals surface area contributed by atoms with E-state index in [9.17, 15) is 8.42 Å². The fourth-order valence-electron chi connectivity index (χ4n) is 0.609. The summed E-state index contributed by atoms with van der Waals surface area (Å²) in [6.07, 6.45) is 2.94. The second-order valence-electron chi connectivity index (χ2n) is 1.91. The molecule has 0 saturated heterocycles. The van der Waals surface area contributed by atoms with Gasteiger partial charge in [-0.05, 0) is 12.1 Å². The Morgan fingerprint density at radius 1 is 1.36 bits per heavy atom. The Bertz CT molecular complexity index is 322. The first-order valence-corrected chi connectivity index (χ1v) is 6.03. The summed E-state index contributed by atoms with van der Waals surface area (Å²) >= 11 is 1.83. The molecule has 0 aliphatic heterocycles. The van der Waals surface area contributed by atoms with Crippen molar-refractivity contribution in [1.82, 2.24) is 4.98 Å². The normalized spacial score (nSPS) is 11.4. The van der Waals surface area contributed by atoms with Crippen LogP contribution in [0.5, 0.6) is 0 Å². The number of rotatable bonds is 2. The van der Waals surface area contributed by atoms with Crippen LogP contribution in [-0.4, -0.2) is 17.2 Å². The fourth-order valence-corrected chi connectivity index (χ4v) is 2.35. The zero-order chi connectivity index (χ0) is 8.32. The van der Waals surface area contributed by atoms with Crippen molar-refractivity contribution < 1.29 is 8.42 Å². The van der Waals surface area contributed by atoms with E-state index in [2.05, 4.69) is 4.98 Å². The van der Waals surface area contributed by atoms with Crippen LogP contribution in [0.1, 0.15) is 0 Å². The summed E-state index contributed by atoms with van der Waals surface area (Å²) in [7, 11) is -3.05. The van der Waals surface area contributed by atoms with E-state index in [1.807, 2.05) is 22.6 Å². The van der Waals surface area contributed by atoms with Crippen molar-refractivity contribution >= 4 is 32.4 Å². The zero-order valence-corrected chi connectivity index (χ0v) is 8.54. The molecule has 0 amide bonds. The van der Waals surface area contributed by atoms with Crippen LogP contribution in [0, 0.1) is 0 Å². The first kappa shape index (κ1) is 8.92. The van der Waals surface area contributed by atoms with Crippen molar-refractivity contribution in [3.63, 3.8) is 0 Å². The number of sulfone groups is 1. The molecule has 0 radical (unpaired) electrons. The summed E-state index contributed by atoms with van der Waals surface area (Å²) in [6.45, 7) is 0. The van der Waals surface area contributed by atoms with E-state index >= 15 is 0 Å². The van der Waals surface area contributed by atoms with Gasteiger partial charge in [-0.15, -0.1) is 0 Å². The van der Waals surface area contributed by atoms with E-state index in [4.69, 9.17) is 0 Å². The monoisotopic (exact) mass is 283 g/mol. The van der Waals surface area contributed by atoms with Gasteiger partial charge in [-0.2, -0.15) is 0 Å². The van der Waals surface area contributed by atoms with Crippen molar-refractivity contribution in [2.75, 3.05) is 3.76 Å². The molecule has 0 fully saturated rings. The molecule has 0 aliphatic carbocycles. The Kier molecular flexibility index (Phi) is 2.83. The van der Waals surface area contributed by atoms with E-state index in [1.54, 1.807) is 0 Å². The van der Waals surface area contributed by atoms with Crippen molar-refractivity contribution in [2.24, 2.45) is 0 Å². The molecule has 1 heterocycles. The maximum atomic E-state index is 11.2. The molecule has 0 aliphatic rings. The van der Waals surface area contributed by atoms with Crippen LogP contribution in [0.3, 0.4) is 0 Å². The molecule has 0 saturated carbocycles. The lowest BCUT2D eigenvalue weighted by atomic mass is 10.5. The van der Waals surface area contributed by atoms with Crippen LogP contribution >= 0.6 is 22.6 Å². The van der Waals surface area contributed by atoms with Gasteiger partial charge in [-0.25, -0.2) is 8.42 Å². The van der Waals surface area contributed by atoms with Crippen LogP contribution in [-0.2, 0) is 9.84 Å². The number of hydrogen-bond donors (Lipinski definition) is 0. The number of nitrogens with zero attached hydrogens (tertiary/aromatic N) is 1. The summed E-state index contributed by atoms with van der Waals surface area (Å²) in [6, 6.07) is 2.99. The Hall–Kier alpha value is -0.170. The number of hydrogen-bond acceptors (Lipinski definition) is 3. The standard InChI is InChI=1S/C6H6INO2S/c7-5-11(9,10)6-1-3-8-4-2-6/h1-4H,5H2. The van der Waals surface area contributed by atoms with Gasteiger partial charge in [0.15, 0.2) is 9.84 Å². The van der Waals surface area contributed by atoms with E-state index in [0.717, 1.165) is 0 Å². The third-order valence-corrected chi connectivity index (χ3v) is 4.89. The second kappa shape index (κ2) is 3.48. The minimum Gasteiger partial charge on any atom is -0.265 e. The van der Waals surface area contributed by atoms with E-state index in [-0.39, 0.29) is 3.76 Å². The minimum absolute atomic E-state index is 0.106. The molecule has 0 atom stereocenters. The molecule has 60 valence electrons. The van der Waals surface area contributed by atoms with Gasteiger partial charge in [-0.3, -0.25) is 4.98 Å². The maximum absolute atomic E-state index is 11.2. The SMILES string of the molecule is O=S(=O)(CI)c1ccncc1. The molecule has 1 aromatic rings. The topological polar surface area (TPSA) is 47.0 Å². The smallest absolute Gasteiger partial charge is 0.187 e. The lowest BCUT2D eigenvalue weighted by Gasteiger charge is -1.96. The lowest BCUT2D eigenvalue weighted by molar-refractivity contribution is 0.601. The highest BCUT2D eigenvalue weighted by molar-refractivity contribution is 14.1. The predicted octanol–water partition coefficient (Wildman–Crippen LogP) is 1.25. The molecule has 0 N–H and O–H groups in total. The molecule has 5 heteroatoms. The van der Waals surface area contributed by atoms with Gasteiger partial charge in [0.25, 0.3) is 0 Å². The highest BCUT2D eigenvalue weighted by Gasteiger charge is 2.10. The van der Waals surface area contributed by atoms with Crippen LogP contribution < -0.4 is 0 Å². The molecule has 0 spiro atoms. The van der Waals surface area contributed by atoms with E-state index < -0.39 is 9.84 Å².